The van der Waals surface area contributed by atoms with Gasteiger partial charge in [0.1, 0.15) is 4.32 Å². The van der Waals surface area contributed by atoms with Crippen LogP contribution in [0.25, 0.3) is 6.08 Å². The lowest BCUT2D eigenvalue weighted by atomic mass is 10.0. The first-order chi connectivity index (χ1) is 10.4. The second kappa shape index (κ2) is 7.02. The molecule has 2 heterocycles. The highest BCUT2D eigenvalue weighted by molar-refractivity contribution is 8.26. The fourth-order valence-electron chi connectivity index (χ4n) is 2.11. The molecule has 1 atom stereocenters. The summed E-state index contributed by atoms with van der Waals surface area (Å²) in [7, 11) is 0. The number of aliphatic carboxylic acids is 1. The third-order valence-corrected chi connectivity index (χ3v) is 4.41. The quantitative estimate of drug-likeness (QED) is 0.599. The van der Waals surface area contributed by atoms with Gasteiger partial charge in [-0.3, -0.25) is 14.7 Å². The van der Waals surface area contributed by atoms with E-state index in [1.54, 1.807) is 24.5 Å². The maximum atomic E-state index is 12.5. The van der Waals surface area contributed by atoms with Crippen LogP contribution in [0.2, 0.25) is 0 Å². The molecule has 0 spiro atoms. The molecule has 1 amide bonds. The second-order valence-corrected chi connectivity index (χ2v) is 6.98. The van der Waals surface area contributed by atoms with Crippen molar-refractivity contribution in [2.24, 2.45) is 5.92 Å². The summed E-state index contributed by atoms with van der Waals surface area (Å²) in [6.45, 7) is 3.78. The first-order valence-corrected chi connectivity index (χ1v) is 8.00. The number of thiocarbonyl (C=S) groups is 1. The lowest BCUT2D eigenvalue weighted by molar-refractivity contribution is -0.310. The minimum Gasteiger partial charge on any atom is -0.548 e. The maximum Gasteiger partial charge on any atom is 0.266 e. The Labute approximate surface area is 138 Å². The number of carbonyl (C=O) groups is 2. The Balaban J connectivity index is 2.28. The van der Waals surface area contributed by atoms with E-state index >= 15 is 0 Å². The van der Waals surface area contributed by atoms with Crippen molar-refractivity contribution >= 4 is 46.3 Å². The number of hydrogen-bond donors (Lipinski definition) is 0. The third kappa shape index (κ3) is 3.72. The first kappa shape index (κ1) is 16.6. The van der Waals surface area contributed by atoms with Gasteiger partial charge in [0.2, 0.25) is 0 Å². The molecule has 116 valence electrons. The van der Waals surface area contributed by atoms with Gasteiger partial charge in [-0.1, -0.05) is 43.9 Å². The fraction of sp³-hybridized carbons (Fsp3) is 0.333. The predicted molar refractivity (Wildman–Crippen MR) is 87.5 cm³/mol. The van der Waals surface area contributed by atoms with E-state index < -0.39 is 17.9 Å². The average Bonchev–Trinajstić information content (AvgIpc) is 2.72. The van der Waals surface area contributed by atoms with E-state index in [2.05, 4.69) is 4.98 Å². The zero-order chi connectivity index (χ0) is 16.3. The summed E-state index contributed by atoms with van der Waals surface area (Å²) >= 11 is 6.28. The van der Waals surface area contributed by atoms with Crippen molar-refractivity contribution in [3.63, 3.8) is 0 Å². The summed E-state index contributed by atoms with van der Waals surface area (Å²) in [5, 5.41) is 11.4. The Morgan fingerprint density at radius 2 is 2.27 bits per heavy atom. The molecular weight excluding hydrogens is 320 g/mol. The molecule has 1 fully saturated rings. The Morgan fingerprint density at radius 1 is 1.55 bits per heavy atom. The molecule has 5 nitrogen and oxygen atoms in total. The molecule has 0 radical (unpaired) electrons. The molecule has 1 saturated heterocycles. The zero-order valence-electron chi connectivity index (χ0n) is 12.2. The van der Waals surface area contributed by atoms with Crippen molar-refractivity contribution in [3.8, 4) is 0 Å². The monoisotopic (exact) mass is 335 g/mol. The Kier molecular flexibility index (Phi) is 5.31. The van der Waals surface area contributed by atoms with Crippen LogP contribution in [-0.2, 0) is 9.59 Å². The van der Waals surface area contributed by atoms with Crippen LogP contribution in [0.3, 0.4) is 0 Å². The minimum absolute atomic E-state index is 0.106. The van der Waals surface area contributed by atoms with Crippen LogP contribution in [0.1, 0.15) is 25.8 Å². The molecule has 0 saturated carbocycles. The summed E-state index contributed by atoms with van der Waals surface area (Å²) in [5.74, 6) is -1.57. The molecule has 0 aromatic carbocycles. The molecule has 2 rings (SSSR count). The molecule has 0 N–H and O–H groups in total. The molecule has 0 aliphatic carbocycles. The van der Waals surface area contributed by atoms with E-state index in [0.29, 0.717) is 11.3 Å². The number of pyridine rings is 1. The van der Waals surface area contributed by atoms with E-state index in [1.165, 1.54) is 0 Å². The number of hydrogen-bond acceptors (Lipinski definition) is 6. The van der Waals surface area contributed by atoms with Gasteiger partial charge in [-0.25, -0.2) is 0 Å². The highest BCUT2D eigenvalue weighted by atomic mass is 32.2. The highest BCUT2D eigenvalue weighted by Crippen LogP contribution is 2.34. The van der Waals surface area contributed by atoms with Gasteiger partial charge in [0, 0.05) is 12.4 Å². The summed E-state index contributed by atoms with van der Waals surface area (Å²) < 4.78 is 0.245. The minimum atomic E-state index is -1.28. The second-order valence-electron chi connectivity index (χ2n) is 5.30. The van der Waals surface area contributed by atoms with Gasteiger partial charge in [-0.2, -0.15) is 0 Å². The van der Waals surface area contributed by atoms with Gasteiger partial charge < -0.3 is 9.90 Å². The normalized spacial score (nSPS) is 18.3. The molecule has 0 unspecified atom stereocenters. The van der Waals surface area contributed by atoms with Crippen LogP contribution < -0.4 is 5.11 Å². The number of thioether (sulfide) groups is 1. The number of carboxylic acid groups (broad SMARTS) is 1. The number of aromatic nitrogens is 1. The average molecular weight is 335 g/mol. The molecular formula is C15H15N2O3S2-. The van der Waals surface area contributed by atoms with Gasteiger partial charge in [-0.15, -0.1) is 0 Å². The number of nitrogens with zero attached hydrogens (tertiary/aromatic N) is 2. The number of carbonyl (C=O) groups excluding carboxylic acids is 2. The molecule has 22 heavy (non-hydrogen) atoms. The van der Waals surface area contributed by atoms with Gasteiger partial charge in [0.05, 0.1) is 16.9 Å². The van der Waals surface area contributed by atoms with Gasteiger partial charge >= 0.3 is 0 Å². The van der Waals surface area contributed by atoms with E-state index in [-0.39, 0.29) is 10.2 Å². The van der Waals surface area contributed by atoms with Crippen molar-refractivity contribution in [3.05, 3.63) is 35.0 Å². The number of amides is 1. The topological polar surface area (TPSA) is 73.3 Å². The van der Waals surface area contributed by atoms with E-state index in [0.717, 1.165) is 22.2 Å². The number of carboxylic acids is 1. The van der Waals surface area contributed by atoms with E-state index in [4.69, 9.17) is 12.2 Å². The lowest BCUT2D eigenvalue weighted by Crippen LogP contribution is -2.50. The van der Waals surface area contributed by atoms with Crippen LogP contribution in [0.5, 0.6) is 0 Å². The fourth-order valence-corrected chi connectivity index (χ4v) is 3.47. The van der Waals surface area contributed by atoms with Crippen LogP contribution >= 0.6 is 24.0 Å². The third-order valence-electron chi connectivity index (χ3n) is 3.08. The molecule has 1 aliphatic rings. The van der Waals surface area contributed by atoms with Crippen LogP contribution in [0, 0.1) is 5.92 Å². The van der Waals surface area contributed by atoms with Crippen LogP contribution in [0.4, 0.5) is 0 Å². The first-order valence-electron chi connectivity index (χ1n) is 6.78. The van der Waals surface area contributed by atoms with Crippen molar-refractivity contribution < 1.29 is 14.7 Å². The Morgan fingerprint density at radius 3 is 2.82 bits per heavy atom. The van der Waals surface area contributed by atoms with E-state index in [9.17, 15) is 14.7 Å². The van der Waals surface area contributed by atoms with Gasteiger partial charge in [-0.05, 0) is 30.0 Å². The highest BCUT2D eigenvalue weighted by Gasteiger charge is 2.37. The van der Waals surface area contributed by atoms with Crippen molar-refractivity contribution in [2.45, 2.75) is 26.3 Å². The van der Waals surface area contributed by atoms with Crippen molar-refractivity contribution in [1.29, 1.82) is 0 Å². The maximum absolute atomic E-state index is 12.5. The zero-order valence-corrected chi connectivity index (χ0v) is 13.8. The SMILES string of the molecule is CC(C)C[C@@H](C(=O)[O-])N1C(=O)/C(=C/c2cccnc2)SC1=S. The molecule has 1 aromatic rings. The lowest BCUT2D eigenvalue weighted by Gasteiger charge is -2.28. The number of rotatable bonds is 5. The predicted octanol–water partition coefficient (Wildman–Crippen LogP) is 1.45. The van der Waals surface area contributed by atoms with Gasteiger partial charge in [0.25, 0.3) is 5.91 Å². The Hall–Kier alpha value is -1.73. The summed E-state index contributed by atoms with van der Waals surface area (Å²) in [4.78, 5) is 29.4. The molecule has 7 heteroatoms. The van der Waals surface area contributed by atoms with Crippen LogP contribution in [0.15, 0.2) is 29.4 Å². The summed E-state index contributed by atoms with van der Waals surface area (Å²) in [5.41, 5.74) is 0.761. The molecule has 1 aliphatic heterocycles. The largest absolute Gasteiger partial charge is 0.548 e. The van der Waals surface area contributed by atoms with Gasteiger partial charge in [0.15, 0.2) is 0 Å². The molecule has 0 bridgehead atoms. The Bertz CT molecular complexity index is 629. The molecule has 1 aromatic heterocycles. The van der Waals surface area contributed by atoms with Crippen molar-refractivity contribution in [1.82, 2.24) is 9.88 Å². The van der Waals surface area contributed by atoms with E-state index in [1.807, 2.05) is 19.9 Å². The van der Waals surface area contributed by atoms with Crippen molar-refractivity contribution in [2.75, 3.05) is 0 Å². The summed E-state index contributed by atoms with van der Waals surface area (Å²) in [6, 6.07) is 2.53. The summed E-state index contributed by atoms with van der Waals surface area (Å²) in [6.07, 6.45) is 5.22. The standard InChI is InChI=1S/C15H16N2O3S2/c1-9(2)6-11(14(19)20)17-13(18)12(22-15(17)21)7-10-4-3-5-16-8-10/h3-5,7-9,11H,6H2,1-2H3,(H,19,20)/p-1/b12-7-/t11-/m0/s1. The van der Waals surface area contributed by atoms with Crippen LogP contribution in [-0.4, -0.2) is 32.1 Å². The smallest absolute Gasteiger partial charge is 0.266 e.